The van der Waals surface area contributed by atoms with Gasteiger partial charge in [0.2, 0.25) is 0 Å². The minimum Gasteiger partial charge on any atom is -0.490 e. The Balaban J connectivity index is 0.00000484. The molecule has 0 saturated carbocycles. The molecule has 1 rings (SSSR count). The fourth-order valence-electron chi connectivity index (χ4n) is 1.90. The first-order valence-electron chi connectivity index (χ1n) is 7.62. The number of ether oxygens (including phenoxy) is 3. The van der Waals surface area contributed by atoms with Gasteiger partial charge in [0.15, 0.2) is 17.5 Å². The molecule has 0 unspecified atom stereocenters. The van der Waals surface area contributed by atoms with Crippen LogP contribution in [0.3, 0.4) is 0 Å². The van der Waals surface area contributed by atoms with E-state index in [1.165, 1.54) is 0 Å². The number of halogens is 1. The lowest BCUT2D eigenvalue weighted by Crippen LogP contribution is -2.33. The summed E-state index contributed by atoms with van der Waals surface area (Å²) in [4.78, 5) is 4.14. The number of guanidine groups is 1. The molecule has 0 aromatic heterocycles. The van der Waals surface area contributed by atoms with Gasteiger partial charge in [-0.25, -0.2) is 0 Å². The number of rotatable bonds is 10. The smallest absolute Gasteiger partial charge is 0.188 e. The zero-order valence-electron chi connectivity index (χ0n) is 14.1. The second-order valence-electron chi connectivity index (χ2n) is 4.58. The first kappa shape index (κ1) is 21.8. The van der Waals surface area contributed by atoms with Gasteiger partial charge in [0.1, 0.15) is 0 Å². The highest BCUT2D eigenvalue weighted by molar-refractivity contribution is 14.0. The molecular weight excluding hydrogens is 409 g/mol. The average Bonchev–Trinajstić information content (AvgIpc) is 2.50. The highest BCUT2D eigenvalue weighted by atomic mass is 127. The Labute approximate surface area is 155 Å². The Morgan fingerprint density at radius 3 is 2.52 bits per heavy atom. The van der Waals surface area contributed by atoms with Gasteiger partial charge in [-0.15, -0.1) is 24.0 Å². The summed E-state index contributed by atoms with van der Waals surface area (Å²) in [5.74, 6) is 2.00. The molecule has 1 aromatic rings. The van der Waals surface area contributed by atoms with Crippen molar-refractivity contribution in [1.29, 1.82) is 0 Å². The standard InChI is InChI=1S/C16H27N3O3.HI/c1-4-21-14-7-6-13(12-15(14)22-5-2)8-9-18-16(17)19-10-11-20-3;/h6-7,12H,4-5,8-11H2,1-3H3,(H3,17,18,19);1H. The molecule has 1 aromatic carbocycles. The van der Waals surface area contributed by atoms with Gasteiger partial charge in [-0.05, 0) is 38.0 Å². The number of hydrogen-bond donors (Lipinski definition) is 2. The molecule has 3 N–H and O–H groups in total. The third-order valence-corrected chi connectivity index (χ3v) is 2.91. The van der Waals surface area contributed by atoms with Crippen LogP contribution in [0.4, 0.5) is 0 Å². The zero-order valence-corrected chi connectivity index (χ0v) is 16.5. The quantitative estimate of drug-likeness (QED) is 0.254. The predicted octanol–water partition coefficient (Wildman–Crippen LogP) is 2.20. The van der Waals surface area contributed by atoms with Gasteiger partial charge in [0.05, 0.1) is 26.4 Å². The Morgan fingerprint density at radius 1 is 1.17 bits per heavy atom. The summed E-state index contributed by atoms with van der Waals surface area (Å²) < 4.78 is 16.1. The van der Waals surface area contributed by atoms with E-state index in [-0.39, 0.29) is 24.0 Å². The Kier molecular flexibility index (Phi) is 12.5. The van der Waals surface area contributed by atoms with Gasteiger partial charge in [-0.1, -0.05) is 6.07 Å². The molecule has 0 fully saturated rings. The number of benzene rings is 1. The van der Waals surface area contributed by atoms with Crippen molar-refractivity contribution < 1.29 is 14.2 Å². The third kappa shape index (κ3) is 8.85. The van der Waals surface area contributed by atoms with E-state index >= 15 is 0 Å². The average molecular weight is 437 g/mol. The molecule has 0 radical (unpaired) electrons. The van der Waals surface area contributed by atoms with Crippen molar-refractivity contribution in [2.75, 3.05) is 40.0 Å². The summed E-state index contributed by atoms with van der Waals surface area (Å²) >= 11 is 0. The van der Waals surface area contributed by atoms with E-state index in [1.807, 2.05) is 32.0 Å². The van der Waals surface area contributed by atoms with Gasteiger partial charge in [-0.2, -0.15) is 0 Å². The van der Waals surface area contributed by atoms with Crippen LogP contribution in [0.5, 0.6) is 11.5 Å². The molecule has 7 heteroatoms. The molecule has 0 amide bonds. The van der Waals surface area contributed by atoms with E-state index < -0.39 is 0 Å². The number of methoxy groups -OCH3 is 1. The normalized spacial score (nSPS) is 10.8. The van der Waals surface area contributed by atoms with Crippen LogP contribution in [-0.2, 0) is 11.2 Å². The van der Waals surface area contributed by atoms with Crippen molar-refractivity contribution in [3.05, 3.63) is 23.8 Å². The van der Waals surface area contributed by atoms with Crippen LogP contribution in [0.25, 0.3) is 0 Å². The summed E-state index contributed by atoms with van der Waals surface area (Å²) in [6.45, 7) is 6.99. The van der Waals surface area contributed by atoms with E-state index in [1.54, 1.807) is 7.11 Å². The lowest BCUT2D eigenvalue weighted by molar-refractivity contribution is 0.208. The van der Waals surface area contributed by atoms with Crippen molar-refractivity contribution in [3.63, 3.8) is 0 Å². The third-order valence-electron chi connectivity index (χ3n) is 2.91. The van der Waals surface area contributed by atoms with E-state index in [9.17, 15) is 0 Å². The maximum atomic E-state index is 5.76. The molecule has 0 aliphatic heterocycles. The van der Waals surface area contributed by atoms with Crippen molar-refractivity contribution in [3.8, 4) is 11.5 Å². The first-order chi connectivity index (χ1) is 10.7. The first-order valence-corrected chi connectivity index (χ1v) is 7.62. The number of hydrogen-bond acceptors (Lipinski definition) is 4. The van der Waals surface area contributed by atoms with E-state index in [0.717, 1.165) is 23.5 Å². The molecule has 0 saturated heterocycles. The van der Waals surface area contributed by atoms with Crippen LogP contribution in [0.15, 0.2) is 23.2 Å². The van der Waals surface area contributed by atoms with Crippen molar-refractivity contribution in [1.82, 2.24) is 5.32 Å². The van der Waals surface area contributed by atoms with Crippen molar-refractivity contribution in [2.45, 2.75) is 20.3 Å². The summed E-state index contributed by atoms with van der Waals surface area (Å²) in [5, 5.41) is 3.08. The molecule has 0 aliphatic rings. The van der Waals surface area contributed by atoms with Gasteiger partial charge >= 0.3 is 0 Å². The SMILES string of the molecule is CCOc1ccc(CCNC(N)=NCCOC)cc1OCC.I. The molecule has 0 spiro atoms. The second kappa shape index (κ2) is 13.2. The molecule has 0 bridgehead atoms. The highest BCUT2D eigenvalue weighted by Gasteiger charge is 2.06. The number of aliphatic imine (C=N–C) groups is 1. The Hall–Kier alpha value is -1.22. The molecular formula is C16H28IN3O3. The summed E-state index contributed by atoms with van der Waals surface area (Å²) in [5.41, 5.74) is 6.92. The summed E-state index contributed by atoms with van der Waals surface area (Å²) in [6, 6.07) is 5.99. The van der Waals surface area contributed by atoms with Crippen molar-refractivity contribution in [2.24, 2.45) is 10.7 Å². The van der Waals surface area contributed by atoms with Gasteiger partial charge in [0.25, 0.3) is 0 Å². The number of nitrogens with zero attached hydrogens (tertiary/aromatic N) is 1. The van der Waals surface area contributed by atoms with Crippen molar-refractivity contribution >= 4 is 29.9 Å². The second-order valence-corrected chi connectivity index (χ2v) is 4.58. The maximum absolute atomic E-state index is 5.76. The highest BCUT2D eigenvalue weighted by Crippen LogP contribution is 2.28. The Bertz CT molecular complexity index is 470. The van der Waals surface area contributed by atoms with Gasteiger partial charge < -0.3 is 25.3 Å². The lowest BCUT2D eigenvalue weighted by atomic mass is 10.1. The minimum atomic E-state index is 0. The molecule has 0 aliphatic carbocycles. The van der Waals surface area contributed by atoms with Gasteiger partial charge in [-0.3, -0.25) is 4.99 Å². The predicted molar refractivity (Wildman–Crippen MR) is 104 cm³/mol. The summed E-state index contributed by atoms with van der Waals surface area (Å²) in [6.07, 6.45) is 0.826. The van der Waals surface area contributed by atoms with Crippen LogP contribution in [0, 0.1) is 0 Å². The van der Waals surface area contributed by atoms with Gasteiger partial charge in [0, 0.05) is 13.7 Å². The topological polar surface area (TPSA) is 78.1 Å². The van der Waals surface area contributed by atoms with Crippen LogP contribution < -0.4 is 20.5 Å². The fraction of sp³-hybridized carbons (Fsp3) is 0.562. The minimum absolute atomic E-state index is 0. The molecule has 23 heavy (non-hydrogen) atoms. The maximum Gasteiger partial charge on any atom is 0.188 e. The van der Waals surface area contributed by atoms with Crippen LogP contribution in [0.1, 0.15) is 19.4 Å². The number of nitrogens with two attached hydrogens (primary N) is 1. The fourth-order valence-corrected chi connectivity index (χ4v) is 1.90. The molecule has 132 valence electrons. The molecule has 0 atom stereocenters. The largest absolute Gasteiger partial charge is 0.490 e. The summed E-state index contributed by atoms with van der Waals surface area (Å²) in [7, 11) is 1.64. The lowest BCUT2D eigenvalue weighted by Gasteiger charge is -2.12. The Morgan fingerprint density at radius 2 is 1.87 bits per heavy atom. The van der Waals surface area contributed by atoms with Crippen LogP contribution in [0.2, 0.25) is 0 Å². The van der Waals surface area contributed by atoms with E-state index in [2.05, 4.69) is 10.3 Å². The zero-order chi connectivity index (χ0) is 16.2. The molecule has 6 nitrogen and oxygen atoms in total. The monoisotopic (exact) mass is 437 g/mol. The van der Waals surface area contributed by atoms with Crippen LogP contribution in [-0.4, -0.2) is 46.0 Å². The van der Waals surface area contributed by atoms with E-state index in [4.69, 9.17) is 19.9 Å². The van der Waals surface area contributed by atoms with Crippen LogP contribution >= 0.6 is 24.0 Å². The molecule has 0 heterocycles. The van der Waals surface area contributed by atoms with E-state index in [0.29, 0.717) is 38.9 Å². The number of nitrogens with one attached hydrogen (secondary N) is 1.